The lowest BCUT2D eigenvalue weighted by Crippen LogP contribution is -2.36. The quantitative estimate of drug-likeness (QED) is 0.731. The van der Waals surface area contributed by atoms with Gasteiger partial charge in [-0.25, -0.2) is 4.79 Å². The molecule has 0 saturated heterocycles. The first-order valence-electron chi connectivity index (χ1n) is 8.03. The number of carbonyl (C=O) groups is 2. The molecule has 0 aliphatic carbocycles. The standard InChI is InChI=1S/C19H21NO5/c1-2-12-24-15-8-10-16(11-9-15)25-13-17(21)20-18(19(22)23)14-6-4-3-5-7-14/h3-11,18H,2,12-13H2,1H3,(H,20,21)(H,22,23). The molecule has 0 aliphatic rings. The summed E-state index contributed by atoms with van der Waals surface area (Å²) in [5.41, 5.74) is 0.501. The van der Waals surface area contributed by atoms with E-state index in [0.29, 0.717) is 17.9 Å². The molecule has 0 heterocycles. The topological polar surface area (TPSA) is 84.9 Å². The second-order valence-corrected chi connectivity index (χ2v) is 5.36. The summed E-state index contributed by atoms with van der Waals surface area (Å²) >= 11 is 0. The van der Waals surface area contributed by atoms with Crippen molar-refractivity contribution in [3.8, 4) is 11.5 Å². The maximum absolute atomic E-state index is 12.0. The zero-order valence-electron chi connectivity index (χ0n) is 14.0. The number of benzene rings is 2. The van der Waals surface area contributed by atoms with Gasteiger partial charge in [-0.05, 0) is 36.2 Å². The molecule has 0 fully saturated rings. The van der Waals surface area contributed by atoms with Crippen LogP contribution < -0.4 is 14.8 Å². The first kappa shape index (κ1) is 18.3. The van der Waals surface area contributed by atoms with Crippen LogP contribution in [0.2, 0.25) is 0 Å². The van der Waals surface area contributed by atoms with E-state index in [4.69, 9.17) is 9.47 Å². The summed E-state index contributed by atoms with van der Waals surface area (Å²) in [5.74, 6) is -0.404. The Morgan fingerprint density at radius 2 is 1.60 bits per heavy atom. The largest absolute Gasteiger partial charge is 0.494 e. The Morgan fingerprint density at radius 1 is 1.00 bits per heavy atom. The average Bonchev–Trinajstić information content (AvgIpc) is 2.64. The molecular weight excluding hydrogens is 322 g/mol. The van der Waals surface area contributed by atoms with Crippen LogP contribution in [0.25, 0.3) is 0 Å². The van der Waals surface area contributed by atoms with Crippen LogP contribution in [0.4, 0.5) is 0 Å². The smallest absolute Gasteiger partial charge is 0.330 e. The van der Waals surface area contributed by atoms with Crippen molar-refractivity contribution in [3.63, 3.8) is 0 Å². The Hall–Kier alpha value is -3.02. The van der Waals surface area contributed by atoms with Crippen LogP contribution in [0.3, 0.4) is 0 Å². The van der Waals surface area contributed by atoms with Crippen LogP contribution in [0, 0.1) is 0 Å². The monoisotopic (exact) mass is 343 g/mol. The van der Waals surface area contributed by atoms with Crippen molar-refractivity contribution >= 4 is 11.9 Å². The summed E-state index contributed by atoms with van der Waals surface area (Å²) in [6.07, 6.45) is 0.921. The number of hydrogen-bond donors (Lipinski definition) is 2. The lowest BCUT2D eigenvalue weighted by Gasteiger charge is -2.15. The fourth-order valence-electron chi connectivity index (χ4n) is 2.14. The molecule has 1 atom stereocenters. The number of carboxylic acids is 1. The van der Waals surface area contributed by atoms with Crippen molar-refractivity contribution in [2.45, 2.75) is 19.4 Å². The van der Waals surface area contributed by atoms with Gasteiger partial charge in [-0.15, -0.1) is 0 Å². The maximum atomic E-state index is 12.0. The van der Waals surface area contributed by atoms with E-state index in [1.165, 1.54) is 0 Å². The van der Waals surface area contributed by atoms with E-state index < -0.39 is 17.9 Å². The number of carboxylic acid groups (broad SMARTS) is 1. The van der Waals surface area contributed by atoms with Gasteiger partial charge in [0, 0.05) is 0 Å². The molecular formula is C19H21NO5. The van der Waals surface area contributed by atoms with Crippen LogP contribution in [0.1, 0.15) is 24.9 Å². The first-order chi connectivity index (χ1) is 12.1. The number of carbonyl (C=O) groups excluding carboxylic acids is 1. The molecule has 0 aromatic heterocycles. The van der Waals surface area contributed by atoms with E-state index in [0.717, 1.165) is 12.2 Å². The Balaban J connectivity index is 1.88. The van der Waals surface area contributed by atoms with Crippen molar-refractivity contribution in [1.29, 1.82) is 0 Å². The van der Waals surface area contributed by atoms with E-state index in [9.17, 15) is 14.7 Å². The van der Waals surface area contributed by atoms with Gasteiger partial charge in [0.05, 0.1) is 6.61 Å². The van der Waals surface area contributed by atoms with E-state index >= 15 is 0 Å². The van der Waals surface area contributed by atoms with Gasteiger partial charge in [0.25, 0.3) is 5.91 Å². The zero-order valence-corrected chi connectivity index (χ0v) is 14.0. The molecule has 2 aromatic carbocycles. The second kappa shape index (κ2) is 9.32. The summed E-state index contributed by atoms with van der Waals surface area (Å²) < 4.78 is 10.8. The normalized spacial score (nSPS) is 11.4. The van der Waals surface area contributed by atoms with E-state index in [1.54, 1.807) is 54.6 Å². The van der Waals surface area contributed by atoms with Gasteiger partial charge in [-0.2, -0.15) is 0 Å². The van der Waals surface area contributed by atoms with Crippen LogP contribution >= 0.6 is 0 Å². The van der Waals surface area contributed by atoms with Gasteiger partial charge >= 0.3 is 5.97 Å². The molecule has 6 heteroatoms. The van der Waals surface area contributed by atoms with E-state index in [1.807, 2.05) is 6.92 Å². The molecule has 2 rings (SSSR count). The molecule has 25 heavy (non-hydrogen) atoms. The number of aliphatic carboxylic acids is 1. The lowest BCUT2D eigenvalue weighted by molar-refractivity contribution is -0.142. The van der Waals surface area contributed by atoms with Crippen molar-refractivity contribution in [2.24, 2.45) is 0 Å². The molecule has 2 aromatic rings. The van der Waals surface area contributed by atoms with Crippen molar-refractivity contribution in [1.82, 2.24) is 5.32 Å². The van der Waals surface area contributed by atoms with E-state index in [-0.39, 0.29) is 6.61 Å². The number of hydrogen-bond acceptors (Lipinski definition) is 4. The molecule has 0 aliphatic heterocycles. The van der Waals surface area contributed by atoms with Crippen molar-refractivity contribution < 1.29 is 24.2 Å². The number of ether oxygens (including phenoxy) is 2. The predicted octanol–water partition coefficient (Wildman–Crippen LogP) is 2.80. The summed E-state index contributed by atoms with van der Waals surface area (Å²) in [7, 11) is 0. The van der Waals surface area contributed by atoms with Crippen LogP contribution in [0.15, 0.2) is 54.6 Å². The van der Waals surface area contributed by atoms with Crippen LogP contribution in [0.5, 0.6) is 11.5 Å². The highest BCUT2D eigenvalue weighted by molar-refractivity contribution is 5.85. The van der Waals surface area contributed by atoms with Crippen molar-refractivity contribution in [2.75, 3.05) is 13.2 Å². The average molecular weight is 343 g/mol. The highest BCUT2D eigenvalue weighted by Crippen LogP contribution is 2.18. The zero-order chi connectivity index (χ0) is 18.1. The molecule has 1 unspecified atom stereocenters. The lowest BCUT2D eigenvalue weighted by atomic mass is 10.1. The fraction of sp³-hybridized carbons (Fsp3) is 0.263. The molecule has 0 bridgehead atoms. The molecule has 1 amide bonds. The highest BCUT2D eigenvalue weighted by Gasteiger charge is 2.21. The predicted molar refractivity (Wildman–Crippen MR) is 92.7 cm³/mol. The molecule has 132 valence electrons. The van der Waals surface area contributed by atoms with Gasteiger partial charge in [0.15, 0.2) is 12.6 Å². The Bertz CT molecular complexity index is 685. The third kappa shape index (κ3) is 5.84. The number of rotatable bonds is 9. The van der Waals surface area contributed by atoms with Gasteiger partial charge in [0.2, 0.25) is 0 Å². The van der Waals surface area contributed by atoms with Gasteiger partial charge in [0.1, 0.15) is 11.5 Å². The molecule has 0 spiro atoms. The maximum Gasteiger partial charge on any atom is 0.330 e. The summed E-state index contributed by atoms with van der Waals surface area (Å²) in [4.78, 5) is 23.4. The van der Waals surface area contributed by atoms with Gasteiger partial charge < -0.3 is 19.9 Å². The Labute approximate surface area is 146 Å². The van der Waals surface area contributed by atoms with Crippen LogP contribution in [-0.2, 0) is 9.59 Å². The minimum atomic E-state index is -1.13. The third-order valence-corrected chi connectivity index (χ3v) is 3.35. The first-order valence-corrected chi connectivity index (χ1v) is 8.03. The minimum absolute atomic E-state index is 0.272. The van der Waals surface area contributed by atoms with Crippen LogP contribution in [-0.4, -0.2) is 30.2 Å². The minimum Gasteiger partial charge on any atom is -0.494 e. The molecule has 0 radical (unpaired) electrons. The summed E-state index contributed by atoms with van der Waals surface area (Å²) in [6, 6.07) is 14.3. The summed E-state index contributed by atoms with van der Waals surface area (Å²) in [5, 5.41) is 11.7. The summed E-state index contributed by atoms with van der Waals surface area (Å²) in [6.45, 7) is 2.39. The second-order valence-electron chi connectivity index (χ2n) is 5.36. The van der Waals surface area contributed by atoms with Gasteiger partial charge in [-0.3, -0.25) is 4.79 Å². The number of nitrogens with one attached hydrogen (secondary N) is 1. The highest BCUT2D eigenvalue weighted by atomic mass is 16.5. The van der Waals surface area contributed by atoms with Gasteiger partial charge in [-0.1, -0.05) is 37.3 Å². The van der Waals surface area contributed by atoms with E-state index in [2.05, 4.69) is 5.32 Å². The third-order valence-electron chi connectivity index (χ3n) is 3.35. The molecule has 2 N–H and O–H groups in total. The molecule has 0 saturated carbocycles. The fourth-order valence-corrected chi connectivity index (χ4v) is 2.14. The number of amides is 1. The Kier molecular flexibility index (Phi) is 6.83. The molecule has 6 nitrogen and oxygen atoms in total. The Morgan fingerprint density at radius 3 is 2.16 bits per heavy atom. The van der Waals surface area contributed by atoms with Crippen molar-refractivity contribution in [3.05, 3.63) is 60.2 Å². The SMILES string of the molecule is CCCOc1ccc(OCC(=O)NC(C(=O)O)c2ccccc2)cc1.